The molecule has 0 aliphatic rings. The number of amides is 1. The normalized spacial score (nSPS) is 15.5. The summed E-state index contributed by atoms with van der Waals surface area (Å²) in [6.45, 7) is 5.53. The van der Waals surface area contributed by atoms with Gasteiger partial charge in [0.1, 0.15) is 0 Å². The van der Waals surface area contributed by atoms with Crippen LogP contribution < -0.4 is 15.8 Å². The van der Waals surface area contributed by atoms with Gasteiger partial charge < -0.3 is 11.1 Å². The largest absolute Gasteiger partial charge is 0.353 e. The third kappa shape index (κ3) is 5.43. The van der Waals surface area contributed by atoms with E-state index in [-0.39, 0.29) is 18.2 Å². The Morgan fingerprint density at radius 3 is 2.38 bits per heavy atom. The molecule has 0 aromatic carbocycles. The highest BCUT2D eigenvalue weighted by atomic mass is 32.2. The minimum Gasteiger partial charge on any atom is -0.353 e. The van der Waals surface area contributed by atoms with Gasteiger partial charge in [-0.2, -0.15) is 0 Å². The molecule has 7 heteroatoms. The van der Waals surface area contributed by atoms with Gasteiger partial charge in [-0.1, -0.05) is 13.8 Å². The molecule has 1 unspecified atom stereocenters. The van der Waals surface area contributed by atoms with Gasteiger partial charge in [-0.25, -0.2) is 13.1 Å². The number of sulfonamides is 1. The molecule has 0 spiro atoms. The molecule has 0 fully saturated rings. The van der Waals surface area contributed by atoms with Crippen LogP contribution >= 0.6 is 0 Å². The van der Waals surface area contributed by atoms with E-state index >= 15 is 0 Å². The minimum absolute atomic E-state index is 0.0704. The number of nitrogens with one attached hydrogen (secondary N) is 2. The molecular weight excluding hydrogens is 230 g/mol. The van der Waals surface area contributed by atoms with Crippen molar-refractivity contribution >= 4 is 15.9 Å². The van der Waals surface area contributed by atoms with Gasteiger partial charge in [-0.3, -0.25) is 4.79 Å². The Bertz CT molecular complexity index is 325. The van der Waals surface area contributed by atoms with Crippen LogP contribution in [0.2, 0.25) is 0 Å². The van der Waals surface area contributed by atoms with E-state index in [4.69, 9.17) is 5.73 Å². The van der Waals surface area contributed by atoms with Crippen LogP contribution in [0.5, 0.6) is 0 Å². The first-order chi connectivity index (χ1) is 7.25. The van der Waals surface area contributed by atoms with Crippen LogP contribution in [0.1, 0.15) is 27.2 Å². The van der Waals surface area contributed by atoms with E-state index in [1.54, 1.807) is 20.8 Å². The molecule has 0 bridgehead atoms. The molecule has 0 heterocycles. The Hall–Kier alpha value is -0.660. The zero-order valence-electron chi connectivity index (χ0n) is 10.0. The smallest absolute Gasteiger partial charge is 0.239 e. The Labute approximate surface area is 97.0 Å². The molecular formula is C9H21N3O3S. The number of rotatable bonds is 7. The van der Waals surface area contributed by atoms with Crippen molar-refractivity contribution in [3.8, 4) is 0 Å². The third-order valence-corrected chi connectivity index (χ3v) is 3.74. The van der Waals surface area contributed by atoms with Crippen molar-refractivity contribution < 1.29 is 13.2 Å². The number of hydrogen-bond donors (Lipinski definition) is 3. The van der Waals surface area contributed by atoms with Gasteiger partial charge in [0.05, 0.1) is 11.3 Å². The van der Waals surface area contributed by atoms with Crippen LogP contribution in [0.25, 0.3) is 0 Å². The van der Waals surface area contributed by atoms with Crippen LogP contribution in [0.15, 0.2) is 0 Å². The van der Waals surface area contributed by atoms with Crippen LogP contribution in [-0.4, -0.2) is 38.7 Å². The van der Waals surface area contributed by atoms with Crippen LogP contribution in [0.4, 0.5) is 0 Å². The maximum atomic E-state index is 11.5. The second-order valence-electron chi connectivity index (χ2n) is 3.84. The molecule has 0 saturated heterocycles. The molecule has 0 rings (SSSR count). The molecule has 4 N–H and O–H groups in total. The van der Waals surface area contributed by atoms with Gasteiger partial charge in [-0.05, 0) is 13.3 Å². The van der Waals surface area contributed by atoms with Crippen molar-refractivity contribution in [2.45, 2.75) is 32.7 Å². The van der Waals surface area contributed by atoms with Crippen molar-refractivity contribution in [2.75, 3.05) is 18.8 Å². The maximum absolute atomic E-state index is 11.5. The zero-order chi connectivity index (χ0) is 12.8. The summed E-state index contributed by atoms with van der Waals surface area (Å²) in [5.41, 5.74) is 4.75. The third-order valence-electron chi connectivity index (χ3n) is 2.27. The molecule has 0 aliphatic carbocycles. The fraction of sp³-hybridized carbons (Fsp3) is 0.889. The first-order valence-electron chi connectivity index (χ1n) is 5.29. The van der Waals surface area contributed by atoms with E-state index in [2.05, 4.69) is 10.0 Å². The van der Waals surface area contributed by atoms with Gasteiger partial charge in [0.15, 0.2) is 0 Å². The molecule has 0 aromatic heterocycles. The van der Waals surface area contributed by atoms with E-state index < -0.39 is 15.6 Å². The summed E-state index contributed by atoms with van der Waals surface area (Å²) in [6.07, 6.45) is 0.499. The first-order valence-corrected chi connectivity index (χ1v) is 6.95. The Balaban J connectivity index is 4.05. The van der Waals surface area contributed by atoms with E-state index in [1.165, 1.54) is 0 Å². The Morgan fingerprint density at radius 2 is 1.94 bits per heavy atom. The van der Waals surface area contributed by atoms with Crippen molar-refractivity contribution in [2.24, 2.45) is 5.73 Å². The lowest BCUT2D eigenvalue weighted by atomic mass is 10.00. The van der Waals surface area contributed by atoms with Gasteiger partial charge in [0.25, 0.3) is 0 Å². The van der Waals surface area contributed by atoms with Crippen LogP contribution in [-0.2, 0) is 14.8 Å². The fourth-order valence-corrected chi connectivity index (χ4v) is 1.91. The summed E-state index contributed by atoms with van der Waals surface area (Å²) in [5.74, 6) is -0.464. The van der Waals surface area contributed by atoms with Crippen molar-refractivity contribution in [3.05, 3.63) is 0 Å². The van der Waals surface area contributed by atoms with Gasteiger partial charge in [0.2, 0.25) is 15.9 Å². The highest BCUT2D eigenvalue weighted by molar-refractivity contribution is 7.89. The number of nitrogens with two attached hydrogens (primary N) is 1. The Morgan fingerprint density at radius 1 is 1.38 bits per heavy atom. The standard InChI is InChI=1S/C9H21N3O3S/c1-4-9(3,10)8(13)11-6-7-16(14,15)12-5-2/h12H,4-7,10H2,1-3H3,(H,11,13). The van der Waals surface area contributed by atoms with E-state index in [1.807, 2.05) is 0 Å². The second-order valence-corrected chi connectivity index (χ2v) is 5.77. The highest BCUT2D eigenvalue weighted by Crippen LogP contribution is 2.03. The quantitative estimate of drug-likeness (QED) is 0.549. The monoisotopic (exact) mass is 251 g/mol. The average molecular weight is 251 g/mol. The average Bonchev–Trinajstić information content (AvgIpc) is 2.17. The summed E-state index contributed by atoms with van der Waals surface area (Å²) < 4.78 is 24.8. The van der Waals surface area contributed by atoms with E-state index in [0.717, 1.165) is 0 Å². The molecule has 16 heavy (non-hydrogen) atoms. The van der Waals surface area contributed by atoms with Crippen molar-refractivity contribution in [1.29, 1.82) is 0 Å². The first kappa shape index (κ1) is 15.3. The lowest BCUT2D eigenvalue weighted by molar-refractivity contribution is -0.125. The van der Waals surface area contributed by atoms with Crippen molar-refractivity contribution in [1.82, 2.24) is 10.0 Å². The SMILES string of the molecule is CCNS(=O)(=O)CCNC(=O)C(C)(N)CC. The van der Waals surface area contributed by atoms with E-state index in [0.29, 0.717) is 13.0 Å². The fourth-order valence-electron chi connectivity index (χ4n) is 0.953. The number of carbonyl (C=O) groups is 1. The van der Waals surface area contributed by atoms with E-state index in [9.17, 15) is 13.2 Å². The predicted molar refractivity (Wildman–Crippen MR) is 63.4 cm³/mol. The maximum Gasteiger partial charge on any atom is 0.239 e. The Kier molecular flexibility index (Phi) is 5.91. The zero-order valence-corrected chi connectivity index (χ0v) is 10.9. The molecule has 0 aromatic rings. The molecule has 96 valence electrons. The minimum atomic E-state index is -3.29. The lowest BCUT2D eigenvalue weighted by Gasteiger charge is -2.21. The summed E-state index contributed by atoms with van der Waals surface area (Å²) in [7, 11) is -3.29. The number of hydrogen-bond acceptors (Lipinski definition) is 4. The summed E-state index contributed by atoms with van der Waals surface area (Å²) in [4.78, 5) is 11.5. The molecule has 0 aliphatic heterocycles. The van der Waals surface area contributed by atoms with Crippen LogP contribution in [0.3, 0.4) is 0 Å². The molecule has 0 radical (unpaired) electrons. The summed E-state index contributed by atoms with van der Waals surface area (Å²) >= 11 is 0. The van der Waals surface area contributed by atoms with Crippen LogP contribution in [0, 0.1) is 0 Å². The van der Waals surface area contributed by atoms with Crippen molar-refractivity contribution in [3.63, 3.8) is 0 Å². The summed E-state index contributed by atoms with van der Waals surface area (Å²) in [5, 5.41) is 2.51. The lowest BCUT2D eigenvalue weighted by Crippen LogP contribution is -2.52. The predicted octanol–water partition coefficient (Wildman–Crippen LogP) is -0.831. The highest BCUT2D eigenvalue weighted by Gasteiger charge is 2.25. The van der Waals surface area contributed by atoms with Gasteiger partial charge >= 0.3 is 0 Å². The van der Waals surface area contributed by atoms with Gasteiger partial charge in [0, 0.05) is 13.1 Å². The molecule has 6 nitrogen and oxygen atoms in total. The second kappa shape index (κ2) is 6.17. The molecule has 1 amide bonds. The molecule has 1 atom stereocenters. The number of carbonyl (C=O) groups excluding carboxylic acids is 1. The molecule has 0 saturated carbocycles. The van der Waals surface area contributed by atoms with Gasteiger partial charge in [-0.15, -0.1) is 0 Å². The topological polar surface area (TPSA) is 101 Å². The summed E-state index contributed by atoms with van der Waals surface area (Å²) in [6, 6.07) is 0.